The fourth-order valence-corrected chi connectivity index (χ4v) is 3.18. The van der Waals surface area contributed by atoms with E-state index in [1.807, 2.05) is 31.2 Å². The number of aromatic amines is 1. The van der Waals surface area contributed by atoms with Gasteiger partial charge in [0.05, 0.1) is 22.0 Å². The lowest BCUT2D eigenvalue weighted by Crippen LogP contribution is -2.27. The van der Waals surface area contributed by atoms with Gasteiger partial charge in [-0.3, -0.25) is 4.79 Å². The Bertz CT molecular complexity index is 993. The van der Waals surface area contributed by atoms with E-state index in [1.54, 1.807) is 12.1 Å². The van der Waals surface area contributed by atoms with Gasteiger partial charge in [-0.1, -0.05) is 24.3 Å². The van der Waals surface area contributed by atoms with Gasteiger partial charge in [0.15, 0.2) is 0 Å². The first-order valence-electron chi connectivity index (χ1n) is 8.19. The summed E-state index contributed by atoms with van der Waals surface area (Å²) in [4.78, 5) is 19.9. The second-order valence-electron chi connectivity index (χ2n) is 6.12. The van der Waals surface area contributed by atoms with Crippen molar-refractivity contribution >= 4 is 27.0 Å². The largest absolute Gasteiger partial charge is 0.346 e. The molecule has 1 unspecified atom stereocenters. The Labute approximate surface area is 151 Å². The molecular weight excluding hydrogens is 352 g/mol. The normalized spacial score (nSPS) is 12.8. The molecule has 3 aromatic rings. The molecule has 3 rings (SSSR count). The summed E-state index contributed by atoms with van der Waals surface area (Å²) in [7, 11) is -3.70. The maximum Gasteiger partial charge on any atom is 0.238 e. The summed E-state index contributed by atoms with van der Waals surface area (Å²) in [6.07, 6.45) is 0.795. The zero-order chi connectivity index (χ0) is 18.7. The molecule has 26 heavy (non-hydrogen) atoms. The molecule has 4 N–H and O–H groups in total. The van der Waals surface area contributed by atoms with Crippen molar-refractivity contribution in [2.24, 2.45) is 5.14 Å². The van der Waals surface area contributed by atoms with Crippen LogP contribution in [0, 0.1) is 0 Å². The molecule has 1 atom stereocenters. The van der Waals surface area contributed by atoms with Crippen molar-refractivity contribution in [3.63, 3.8) is 0 Å². The van der Waals surface area contributed by atoms with Gasteiger partial charge in [-0.2, -0.15) is 0 Å². The molecule has 7 nitrogen and oxygen atoms in total. The van der Waals surface area contributed by atoms with Gasteiger partial charge in [0, 0.05) is 6.42 Å². The van der Waals surface area contributed by atoms with Crippen molar-refractivity contribution in [3.05, 3.63) is 59.9 Å². The van der Waals surface area contributed by atoms with Crippen LogP contribution >= 0.6 is 0 Å². The van der Waals surface area contributed by atoms with Crippen LogP contribution < -0.4 is 10.5 Å². The highest BCUT2D eigenvalue weighted by molar-refractivity contribution is 7.89. The van der Waals surface area contributed by atoms with Crippen LogP contribution in [0.25, 0.3) is 11.0 Å². The first-order valence-corrected chi connectivity index (χ1v) is 9.73. The number of primary sulfonamides is 1. The van der Waals surface area contributed by atoms with Gasteiger partial charge in [0.25, 0.3) is 0 Å². The van der Waals surface area contributed by atoms with Gasteiger partial charge in [0.1, 0.15) is 5.82 Å². The maximum absolute atomic E-state index is 12.2. The predicted molar refractivity (Wildman–Crippen MR) is 98.8 cm³/mol. The van der Waals surface area contributed by atoms with E-state index >= 15 is 0 Å². The van der Waals surface area contributed by atoms with Crippen LogP contribution in [0.2, 0.25) is 0 Å². The lowest BCUT2D eigenvalue weighted by atomic mass is 10.1. The number of nitrogens with zero attached hydrogens (tertiary/aromatic N) is 1. The van der Waals surface area contributed by atoms with E-state index in [0.717, 1.165) is 16.6 Å². The summed E-state index contributed by atoms with van der Waals surface area (Å²) >= 11 is 0. The number of sulfonamides is 1. The Morgan fingerprint density at radius 1 is 1.19 bits per heavy atom. The summed E-state index contributed by atoms with van der Waals surface area (Å²) < 4.78 is 22.5. The lowest BCUT2D eigenvalue weighted by molar-refractivity contribution is -0.121. The first-order chi connectivity index (χ1) is 12.3. The first kappa shape index (κ1) is 18.1. The zero-order valence-electron chi connectivity index (χ0n) is 14.3. The summed E-state index contributed by atoms with van der Waals surface area (Å²) in [6, 6.07) is 13.7. The Morgan fingerprint density at radius 3 is 2.54 bits per heavy atom. The van der Waals surface area contributed by atoms with E-state index in [2.05, 4.69) is 15.3 Å². The number of nitrogens with two attached hydrogens (primary N) is 1. The van der Waals surface area contributed by atoms with E-state index < -0.39 is 10.0 Å². The predicted octanol–water partition coefficient (Wildman–Crippen LogP) is 2.02. The Kier molecular flexibility index (Phi) is 5.06. The third-order valence-corrected chi connectivity index (χ3v) is 5.02. The van der Waals surface area contributed by atoms with Crippen molar-refractivity contribution in [1.82, 2.24) is 15.3 Å². The molecular formula is C18H20N4O3S. The van der Waals surface area contributed by atoms with E-state index in [1.165, 1.54) is 12.1 Å². The van der Waals surface area contributed by atoms with Crippen molar-refractivity contribution < 1.29 is 13.2 Å². The zero-order valence-corrected chi connectivity index (χ0v) is 15.1. The molecule has 0 saturated carbocycles. The van der Waals surface area contributed by atoms with Crippen LogP contribution in [0.3, 0.4) is 0 Å². The number of H-pyrrole nitrogens is 1. The number of benzene rings is 2. The number of aryl methyl sites for hydroxylation is 1. The van der Waals surface area contributed by atoms with E-state index in [-0.39, 0.29) is 16.8 Å². The number of para-hydroxylation sites is 2. The van der Waals surface area contributed by atoms with Crippen LogP contribution in [0.5, 0.6) is 0 Å². The van der Waals surface area contributed by atoms with E-state index in [4.69, 9.17) is 5.14 Å². The highest BCUT2D eigenvalue weighted by Gasteiger charge is 2.14. The summed E-state index contributed by atoms with van der Waals surface area (Å²) in [5.41, 5.74) is 2.65. The highest BCUT2D eigenvalue weighted by atomic mass is 32.2. The van der Waals surface area contributed by atoms with Crippen molar-refractivity contribution in [1.29, 1.82) is 0 Å². The number of amides is 1. The van der Waals surface area contributed by atoms with Gasteiger partial charge in [-0.25, -0.2) is 18.5 Å². The Morgan fingerprint density at radius 2 is 1.88 bits per heavy atom. The molecule has 0 fully saturated rings. The minimum atomic E-state index is -3.70. The molecule has 0 bridgehead atoms. The number of hydrogen-bond acceptors (Lipinski definition) is 4. The molecule has 1 amide bonds. The smallest absolute Gasteiger partial charge is 0.238 e. The molecule has 0 radical (unpaired) electrons. The third kappa shape index (κ3) is 4.27. The molecule has 0 spiro atoms. The van der Waals surface area contributed by atoms with Crippen LogP contribution in [-0.4, -0.2) is 24.3 Å². The standard InChI is InChI=1S/C18H20N4O3S/c1-12(18-21-15-4-2-3-5-16(15)22-18)20-17(23)11-8-13-6-9-14(10-7-13)26(19,24)25/h2-7,9-10,12H,8,11H2,1H3,(H,20,23)(H,21,22)(H2,19,24,25). The third-order valence-electron chi connectivity index (χ3n) is 4.09. The molecule has 0 aliphatic heterocycles. The van der Waals surface area contributed by atoms with E-state index in [9.17, 15) is 13.2 Å². The second-order valence-corrected chi connectivity index (χ2v) is 7.68. The number of hydrogen-bond donors (Lipinski definition) is 3. The number of aromatic nitrogens is 2. The van der Waals surface area contributed by atoms with Crippen LogP contribution in [0.4, 0.5) is 0 Å². The van der Waals surface area contributed by atoms with Crippen LogP contribution in [0.1, 0.15) is 30.8 Å². The fraction of sp³-hybridized carbons (Fsp3) is 0.222. The topological polar surface area (TPSA) is 118 Å². The highest BCUT2D eigenvalue weighted by Crippen LogP contribution is 2.16. The number of carbonyl (C=O) groups excluding carboxylic acids is 1. The van der Waals surface area contributed by atoms with Gasteiger partial charge in [-0.15, -0.1) is 0 Å². The van der Waals surface area contributed by atoms with Crippen LogP contribution in [0.15, 0.2) is 53.4 Å². The summed E-state index contributed by atoms with van der Waals surface area (Å²) in [5.74, 6) is 0.602. The van der Waals surface area contributed by atoms with Crippen LogP contribution in [-0.2, 0) is 21.2 Å². The minimum Gasteiger partial charge on any atom is -0.346 e. The lowest BCUT2D eigenvalue weighted by Gasteiger charge is -2.11. The summed E-state index contributed by atoms with van der Waals surface area (Å²) in [5, 5.41) is 7.98. The van der Waals surface area contributed by atoms with Gasteiger partial charge >= 0.3 is 0 Å². The number of rotatable bonds is 6. The number of carbonyl (C=O) groups is 1. The van der Waals surface area contributed by atoms with Crippen molar-refractivity contribution in [3.8, 4) is 0 Å². The number of fused-ring (bicyclic) bond motifs is 1. The van der Waals surface area contributed by atoms with Gasteiger partial charge in [-0.05, 0) is 43.2 Å². The van der Waals surface area contributed by atoms with Crippen molar-refractivity contribution in [2.75, 3.05) is 0 Å². The number of imidazole rings is 1. The van der Waals surface area contributed by atoms with Gasteiger partial charge < -0.3 is 10.3 Å². The molecule has 2 aromatic carbocycles. The molecule has 1 aromatic heterocycles. The average Bonchev–Trinajstić information content (AvgIpc) is 3.04. The number of nitrogens with one attached hydrogen (secondary N) is 2. The molecule has 0 saturated heterocycles. The van der Waals surface area contributed by atoms with Gasteiger partial charge in [0.2, 0.25) is 15.9 Å². The summed E-state index contributed by atoms with van der Waals surface area (Å²) in [6.45, 7) is 1.87. The molecule has 8 heteroatoms. The fourth-order valence-electron chi connectivity index (χ4n) is 2.66. The SMILES string of the molecule is CC(NC(=O)CCc1ccc(S(N)(=O)=O)cc1)c1nc2ccccc2[nH]1. The minimum absolute atomic E-state index is 0.0595. The molecule has 0 aliphatic carbocycles. The second kappa shape index (κ2) is 7.27. The van der Waals surface area contributed by atoms with Crippen molar-refractivity contribution in [2.45, 2.75) is 30.7 Å². The van der Waals surface area contributed by atoms with E-state index in [0.29, 0.717) is 18.7 Å². The maximum atomic E-state index is 12.2. The quantitative estimate of drug-likeness (QED) is 0.613. The Hall–Kier alpha value is -2.71. The molecule has 0 aliphatic rings. The Balaban J connectivity index is 1.56. The molecule has 1 heterocycles. The molecule has 136 valence electrons. The average molecular weight is 372 g/mol. The monoisotopic (exact) mass is 372 g/mol.